The lowest BCUT2D eigenvalue weighted by atomic mass is 10.0. The summed E-state index contributed by atoms with van der Waals surface area (Å²) in [6.07, 6.45) is 1.39. The zero-order chi connectivity index (χ0) is 13.8. The third-order valence-corrected chi connectivity index (χ3v) is 2.82. The molecule has 2 rings (SSSR count). The maximum absolute atomic E-state index is 9.22. The summed E-state index contributed by atoms with van der Waals surface area (Å²) < 4.78 is 5.19. The Kier molecular flexibility index (Phi) is 4.16. The van der Waals surface area contributed by atoms with Crippen LogP contribution in [-0.2, 0) is 6.42 Å². The Balaban J connectivity index is 2.02. The van der Waals surface area contributed by atoms with E-state index in [1.54, 1.807) is 12.1 Å². The number of phenolic OH excluding ortho intramolecular Hbond substituents is 1. The maximum atomic E-state index is 9.22. The standard InChI is InChI=1S/C14H19N3O2/c1-9(2)7-12(15)14-16-13(17-19-14)8-10-3-5-11(18)6-4-10/h3-6,9,12,18H,7-8,15H2,1-2H3. The number of phenols is 1. The van der Waals surface area contributed by atoms with E-state index in [9.17, 15) is 5.11 Å². The molecule has 0 aliphatic carbocycles. The summed E-state index contributed by atoms with van der Waals surface area (Å²) in [6, 6.07) is 6.74. The third-order valence-electron chi connectivity index (χ3n) is 2.82. The van der Waals surface area contributed by atoms with Crippen LogP contribution in [-0.4, -0.2) is 15.2 Å². The van der Waals surface area contributed by atoms with Gasteiger partial charge in [-0.05, 0) is 30.0 Å². The molecule has 0 fully saturated rings. The fourth-order valence-electron chi connectivity index (χ4n) is 1.89. The average molecular weight is 261 g/mol. The summed E-state index contributed by atoms with van der Waals surface area (Å²) in [5.41, 5.74) is 7.01. The Morgan fingerprint density at radius 2 is 1.95 bits per heavy atom. The van der Waals surface area contributed by atoms with E-state index in [4.69, 9.17) is 10.3 Å². The van der Waals surface area contributed by atoms with Crippen LogP contribution in [0, 0.1) is 5.92 Å². The summed E-state index contributed by atoms with van der Waals surface area (Å²) >= 11 is 0. The van der Waals surface area contributed by atoms with Gasteiger partial charge in [-0.2, -0.15) is 4.98 Å². The molecule has 0 aliphatic heterocycles. The van der Waals surface area contributed by atoms with Gasteiger partial charge in [0.05, 0.1) is 6.04 Å². The highest BCUT2D eigenvalue weighted by molar-refractivity contribution is 5.27. The van der Waals surface area contributed by atoms with E-state index in [0.717, 1.165) is 12.0 Å². The smallest absolute Gasteiger partial charge is 0.243 e. The summed E-state index contributed by atoms with van der Waals surface area (Å²) in [7, 11) is 0. The second-order valence-electron chi connectivity index (χ2n) is 5.13. The van der Waals surface area contributed by atoms with Gasteiger partial charge in [0.25, 0.3) is 0 Å². The molecule has 0 bridgehead atoms. The number of nitrogens with two attached hydrogens (primary N) is 1. The number of hydrogen-bond acceptors (Lipinski definition) is 5. The van der Waals surface area contributed by atoms with Crippen molar-refractivity contribution in [3.8, 4) is 5.75 Å². The van der Waals surface area contributed by atoms with Crippen molar-refractivity contribution in [1.82, 2.24) is 10.1 Å². The van der Waals surface area contributed by atoms with Gasteiger partial charge in [0.15, 0.2) is 5.82 Å². The summed E-state index contributed by atoms with van der Waals surface area (Å²) in [4.78, 5) is 4.32. The molecule has 1 aromatic carbocycles. The minimum Gasteiger partial charge on any atom is -0.508 e. The molecular formula is C14H19N3O2. The van der Waals surface area contributed by atoms with Gasteiger partial charge in [0.1, 0.15) is 5.75 Å². The van der Waals surface area contributed by atoms with Gasteiger partial charge in [-0.1, -0.05) is 31.1 Å². The minimum atomic E-state index is -0.207. The van der Waals surface area contributed by atoms with Gasteiger partial charge >= 0.3 is 0 Å². The highest BCUT2D eigenvalue weighted by Gasteiger charge is 2.16. The molecule has 2 aromatic rings. The van der Waals surface area contributed by atoms with Crippen LogP contribution in [0.3, 0.4) is 0 Å². The van der Waals surface area contributed by atoms with Crippen LogP contribution < -0.4 is 5.73 Å². The van der Waals surface area contributed by atoms with E-state index in [0.29, 0.717) is 24.1 Å². The number of benzene rings is 1. The fraction of sp³-hybridized carbons (Fsp3) is 0.429. The van der Waals surface area contributed by atoms with Crippen molar-refractivity contribution in [3.05, 3.63) is 41.5 Å². The number of aromatic nitrogens is 2. The van der Waals surface area contributed by atoms with Crippen molar-refractivity contribution in [3.63, 3.8) is 0 Å². The molecule has 5 nitrogen and oxygen atoms in total. The summed E-state index contributed by atoms with van der Waals surface area (Å²) in [5.74, 6) is 1.83. The highest BCUT2D eigenvalue weighted by Crippen LogP contribution is 2.18. The van der Waals surface area contributed by atoms with Crippen LogP contribution in [0.4, 0.5) is 0 Å². The Labute approximate surface area is 112 Å². The Morgan fingerprint density at radius 3 is 2.58 bits per heavy atom. The number of nitrogens with zero attached hydrogens (tertiary/aromatic N) is 2. The largest absolute Gasteiger partial charge is 0.508 e. The van der Waals surface area contributed by atoms with E-state index >= 15 is 0 Å². The van der Waals surface area contributed by atoms with Crippen molar-refractivity contribution in [1.29, 1.82) is 0 Å². The van der Waals surface area contributed by atoms with Gasteiger partial charge in [-0.3, -0.25) is 0 Å². The molecule has 3 N–H and O–H groups in total. The molecule has 0 spiro atoms. The SMILES string of the molecule is CC(C)CC(N)c1nc(Cc2ccc(O)cc2)no1. The van der Waals surface area contributed by atoms with Crippen molar-refractivity contribution >= 4 is 0 Å². The first-order valence-corrected chi connectivity index (χ1v) is 6.40. The predicted molar refractivity (Wildman–Crippen MR) is 71.6 cm³/mol. The van der Waals surface area contributed by atoms with Gasteiger partial charge in [0.2, 0.25) is 5.89 Å². The molecule has 1 atom stereocenters. The maximum Gasteiger partial charge on any atom is 0.243 e. The van der Waals surface area contributed by atoms with Crippen LogP contribution in [0.25, 0.3) is 0 Å². The fourth-order valence-corrected chi connectivity index (χ4v) is 1.89. The molecule has 1 aromatic heterocycles. The van der Waals surface area contributed by atoms with Crippen molar-refractivity contribution in [2.75, 3.05) is 0 Å². The zero-order valence-electron chi connectivity index (χ0n) is 11.2. The molecular weight excluding hydrogens is 242 g/mol. The van der Waals surface area contributed by atoms with Crippen LogP contribution in [0.15, 0.2) is 28.8 Å². The highest BCUT2D eigenvalue weighted by atomic mass is 16.5. The minimum absolute atomic E-state index is 0.207. The van der Waals surface area contributed by atoms with Crippen LogP contribution >= 0.6 is 0 Å². The lowest BCUT2D eigenvalue weighted by molar-refractivity contribution is 0.333. The monoisotopic (exact) mass is 261 g/mol. The molecule has 102 valence electrons. The molecule has 0 aliphatic rings. The van der Waals surface area contributed by atoms with Gasteiger partial charge < -0.3 is 15.4 Å². The summed E-state index contributed by atoms with van der Waals surface area (Å²) in [6.45, 7) is 4.21. The quantitative estimate of drug-likeness (QED) is 0.863. The number of aromatic hydroxyl groups is 1. The summed E-state index contributed by atoms with van der Waals surface area (Å²) in [5, 5.41) is 13.2. The molecule has 0 saturated carbocycles. The molecule has 1 unspecified atom stereocenters. The van der Waals surface area contributed by atoms with Crippen LogP contribution in [0.5, 0.6) is 5.75 Å². The molecule has 5 heteroatoms. The second kappa shape index (κ2) is 5.84. The van der Waals surface area contributed by atoms with Crippen LogP contribution in [0.1, 0.15) is 43.6 Å². The van der Waals surface area contributed by atoms with E-state index in [2.05, 4.69) is 24.0 Å². The normalized spacial score (nSPS) is 12.8. The Hall–Kier alpha value is -1.88. The Morgan fingerprint density at radius 1 is 1.26 bits per heavy atom. The molecule has 0 radical (unpaired) electrons. The molecule has 0 amide bonds. The van der Waals surface area contributed by atoms with E-state index in [1.807, 2.05) is 12.1 Å². The van der Waals surface area contributed by atoms with Crippen molar-refractivity contribution in [2.24, 2.45) is 11.7 Å². The Bertz CT molecular complexity index is 520. The number of rotatable bonds is 5. The zero-order valence-corrected chi connectivity index (χ0v) is 11.2. The van der Waals surface area contributed by atoms with E-state index in [1.165, 1.54) is 0 Å². The first kappa shape index (κ1) is 13.5. The molecule has 0 saturated heterocycles. The van der Waals surface area contributed by atoms with E-state index < -0.39 is 0 Å². The predicted octanol–water partition coefficient (Wildman–Crippen LogP) is 2.41. The van der Waals surface area contributed by atoms with E-state index in [-0.39, 0.29) is 11.8 Å². The average Bonchev–Trinajstić information content (AvgIpc) is 2.80. The van der Waals surface area contributed by atoms with Crippen molar-refractivity contribution < 1.29 is 9.63 Å². The number of hydrogen-bond donors (Lipinski definition) is 2. The lowest BCUT2D eigenvalue weighted by Crippen LogP contribution is -2.13. The lowest BCUT2D eigenvalue weighted by Gasteiger charge is -2.08. The van der Waals surface area contributed by atoms with Gasteiger partial charge in [0, 0.05) is 6.42 Å². The van der Waals surface area contributed by atoms with Crippen molar-refractivity contribution in [2.45, 2.75) is 32.7 Å². The van der Waals surface area contributed by atoms with Gasteiger partial charge in [-0.25, -0.2) is 0 Å². The first-order chi connectivity index (χ1) is 9.04. The second-order valence-corrected chi connectivity index (χ2v) is 5.13. The molecule has 1 heterocycles. The third kappa shape index (κ3) is 3.79. The topological polar surface area (TPSA) is 85.2 Å². The van der Waals surface area contributed by atoms with Gasteiger partial charge in [-0.15, -0.1) is 0 Å². The molecule has 19 heavy (non-hydrogen) atoms. The van der Waals surface area contributed by atoms with Crippen LogP contribution in [0.2, 0.25) is 0 Å². The first-order valence-electron chi connectivity index (χ1n) is 6.40.